The van der Waals surface area contributed by atoms with Gasteiger partial charge in [0.25, 0.3) is 11.9 Å². The minimum atomic E-state index is -0.974. The van der Waals surface area contributed by atoms with Crippen LogP contribution in [0.25, 0.3) is 27.6 Å². The predicted octanol–water partition coefficient (Wildman–Crippen LogP) is 7.00. The van der Waals surface area contributed by atoms with E-state index >= 15 is 0 Å². The molecule has 1 saturated heterocycles. The Morgan fingerprint density at radius 2 is 2.02 bits per heavy atom. The van der Waals surface area contributed by atoms with Crippen molar-refractivity contribution < 1.29 is 32.6 Å². The lowest BCUT2D eigenvalue weighted by Crippen LogP contribution is -2.32. The van der Waals surface area contributed by atoms with Gasteiger partial charge in [-0.25, -0.2) is 14.8 Å². The van der Waals surface area contributed by atoms with Crippen LogP contribution in [-0.2, 0) is 24.3 Å². The van der Waals surface area contributed by atoms with Crippen molar-refractivity contribution in [2.45, 2.75) is 51.4 Å². The molecule has 7 rings (SSSR count). The molecule has 2 atom stereocenters. The second-order valence-electron chi connectivity index (χ2n) is 11.1. The number of carboxylic acid groups (broad SMARTS) is 1. The Kier molecular flexibility index (Phi) is 7.51. The van der Waals surface area contributed by atoms with E-state index in [2.05, 4.69) is 20.6 Å². The first kappa shape index (κ1) is 28.4. The van der Waals surface area contributed by atoms with Crippen LogP contribution in [0, 0.1) is 17.7 Å². The van der Waals surface area contributed by atoms with Crippen LogP contribution in [0.5, 0.6) is 5.88 Å². The zero-order valence-corrected chi connectivity index (χ0v) is 24.2. The van der Waals surface area contributed by atoms with Crippen molar-refractivity contribution in [2.24, 2.45) is 5.92 Å². The maximum Gasteiger partial charge on any atom is 0.335 e. The number of allylic oxidation sites excluding steroid dienone is 2. The Morgan fingerprint density at radius 3 is 2.77 bits per heavy atom. The highest BCUT2D eigenvalue weighted by molar-refractivity contribution is 6.35. The van der Waals surface area contributed by atoms with Crippen molar-refractivity contribution >= 4 is 45.1 Å². The SMILES string of the molecule is O=C(O)c1ccc2nc(CC3CC=C(c4ncc(F)c(OCc5ccc(Cl)c6cc(F)oc56)n4)CC3)n(C[C@@H]3CCO3)c2c1. The molecule has 1 aliphatic carbocycles. The average molecular weight is 621 g/mol. The number of rotatable bonds is 9. The van der Waals surface area contributed by atoms with Crippen LogP contribution in [0.15, 0.2) is 53.1 Å². The van der Waals surface area contributed by atoms with E-state index in [0.717, 1.165) is 60.9 Å². The molecule has 1 N–H and O–H groups in total. The highest BCUT2D eigenvalue weighted by atomic mass is 35.5. The molecule has 44 heavy (non-hydrogen) atoms. The number of benzene rings is 2. The Bertz CT molecular complexity index is 1930. The van der Waals surface area contributed by atoms with Gasteiger partial charge in [-0.1, -0.05) is 23.7 Å². The van der Waals surface area contributed by atoms with Crippen LogP contribution >= 0.6 is 11.6 Å². The topological polar surface area (TPSA) is 113 Å². The number of aromatic nitrogens is 4. The summed E-state index contributed by atoms with van der Waals surface area (Å²) in [6.45, 7) is 1.26. The van der Waals surface area contributed by atoms with E-state index in [0.29, 0.717) is 40.7 Å². The van der Waals surface area contributed by atoms with E-state index in [1.807, 2.05) is 0 Å². The number of hydrogen-bond donors (Lipinski definition) is 1. The van der Waals surface area contributed by atoms with Crippen LogP contribution in [0.4, 0.5) is 8.78 Å². The summed E-state index contributed by atoms with van der Waals surface area (Å²) in [6.07, 6.45) is 7.22. The lowest BCUT2D eigenvalue weighted by atomic mass is 9.87. The second-order valence-corrected chi connectivity index (χ2v) is 11.5. The van der Waals surface area contributed by atoms with Gasteiger partial charge < -0.3 is 23.6 Å². The first-order valence-electron chi connectivity index (χ1n) is 14.4. The Balaban J connectivity index is 1.07. The Hall–Kier alpha value is -4.35. The molecule has 5 aromatic rings. The number of carboxylic acids is 1. The molecule has 0 bridgehead atoms. The molecule has 0 spiro atoms. The number of aromatic carboxylic acids is 1. The first-order chi connectivity index (χ1) is 21.3. The summed E-state index contributed by atoms with van der Waals surface area (Å²) in [4.78, 5) is 25.0. The molecule has 1 fully saturated rings. The molecule has 226 valence electrons. The van der Waals surface area contributed by atoms with E-state index in [1.165, 1.54) is 6.07 Å². The third-order valence-corrected chi connectivity index (χ3v) is 8.62. The number of fused-ring (bicyclic) bond motifs is 2. The predicted molar refractivity (Wildman–Crippen MR) is 158 cm³/mol. The lowest BCUT2D eigenvalue weighted by Gasteiger charge is -2.28. The van der Waals surface area contributed by atoms with Gasteiger partial charge >= 0.3 is 5.97 Å². The molecule has 1 unspecified atom stereocenters. The van der Waals surface area contributed by atoms with Gasteiger partial charge in [-0.3, -0.25) is 0 Å². The number of imidazole rings is 1. The lowest BCUT2D eigenvalue weighted by molar-refractivity contribution is -0.0590. The summed E-state index contributed by atoms with van der Waals surface area (Å²) >= 11 is 6.13. The normalized spacial score (nSPS) is 18.4. The number of nitrogens with zero attached hydrogens (tertiary/aromatic N) is 4. The van der Waals surface area contributed by atoms with Crippen molar-refractivity contribution in [2.75, 3.05) is 6.61 Å². The molecule has 2 aliphatic rings. The summed E-state index contributed by atoms with van der Waals surface area (Å²) in [7, 11) is 0. The average Bonchev–Trinajstić information content (AvgIpc) is 3.55. The van der Waals surface area contributed by atoms with Gasteiger partial charge in [0, 0.05) is 30.0 Å². The van der Waals surface area contributed by atoms with Crippen LogP contribution < -0.4 is 4.74 Å². The summed E-state index contributed by atoms with van der Waals surface area (Å²) in [5.74, 6) is -0.298. The van der Waals surface area contributed by atoms with Gasteiger partial charge in [-0.2, -0.15) is 13.8 Å². The maximum atomic E-state index is 14.6. The van der Waals surface area contributed by atoms with E-state index in [-0.39, 0.29) is 29.7 Å². The van der Waals surface area contributed by atoms with Gasteiger partial charge in [0.1, 0.15) is 18.0 Å². The van der Waals surface area contributed by atoms with E-state index in [1.54, 1.807) is 30.3 Å². The Morgan fingerprint density at radius 1 is 1.16 bits per heavy atom. The van der Waals surface area contributed by atoms with E-state index in [9.17, 15) is 18.7 Å². The molecule has 0 radical (unpaired) electrons. The fourth-order valence-corrected chi connectivity index (χ4v) is 6.02. The minimum absolute atomic E-state index is 0.0931. The zero-order valence-electron chi connectivity index (χ0n) is 23.4. The number of furan rings is 1. The van der Waals surface area contributed by atoms with Crippen LogP contribution in [-0.4, -0.2) is 43.3 Å². The van der Waals surface area contributed by atoms with Gasteiger partial charge in [0.05, 0.1) is 40.5 Å². The molecule has 2 aromatic carbocycles. The van der Waals surface area contributed by atoms with Crippen molar-refractivity contribution in [3.63, 3.8) is 0 Å². The summed E-state index contributed by atoms with van der Waals surface area (Å²) in [5.41, 5.74) is 3.43. The molecular formula is C32H27ClF2N4O5. The molecule has 0 amide bonds. The van der Waals surface area contributed by atoms with Gasteiger partial charge in [0.2, 0.25) is 5.82 Å². The van der Waals surface area contributed by atoms with Crippen molar-refractivity contribution in [1.29, 1.82) is 0 Å². The first-order valence-corrected chi connectivity index (χ1v) is 14.8. The molecule has 3 aromatic heterocycles. The number of carbonyl (C=O) groups is 1. The van der Waals surface area contributed by atoms with E-state index in [4.69, 9.17) is 30.5 Å². The van der Waals surface area contributed by atoms with Crippen molar-refractivity contribution in [1.82, 2.24) is 19.5 Å². The monoisotopic (exact) mass is 620 g/mol. The molecule has 4 heterocycles. The third kappa shape index (κ3) is 5.53. The van der Waals surface area contributed by atoms with Crippen LogP contribution in [0.1, 0.15) is 53.3 Å². The summed E-state index contributed by atoms with van der Waals surface area (Å²) in [6, 6.07) is 8.68. The van der Waals surface area contributed by atoms with Crippen LogP contribution in [0.2, 0.25) is 5.02 Å². The van der Waals surface area contributed by atoms with Gasteiger partial charge in [-0.05, 0) is 61.4 Å². The fraction of sp³-hybridized carbons (Fsp3) is 0.312. The van der Waals surface area contributed by atoms with Gasteiger partial charge in [-0.15, -0.1) is 0 Å². The quantitative estimate of drug-likeness (QED) is 0.187. The summed E-state index contributed by atoms with van der Waals surface area (Å²) in [5, 5.41) is 10.3. The molecule has 9 nitrogen and oxygen atoms in total. The second kappa shape index (κ2) is 11.6. The highest BCUT2D eigenvalue weighted by Gasteiger charge is 2.25. The zero-order chi connectivity index (χ0) is 30.4. The number of ether oxygens (including phenoxy) is 2. The number of halogens is 3. The van der Waals surface area contributed by atoms with Gasteiger partial charge in [0.15, 0.2) is 5.82 Å². The standard InChI is InChI=1S/C32H27ClF2N4O5/c33-23-7-5-20(29-22(23)13-27(35)44-29)16-43-31-24(34)14-36-30(38-31)18-3-1-17(2-4-18)11-28-37-25-8-6-19(32(40)41)12-26(25)39(28)15-21-9-10-42-21/h3,5-8,12-14,17,21H,1-2,4,9-11,15-16H2,(H,40,41)/t17?,21-/m0/s1. The van der Waals surface area contributed by atoms with E-state index < -0.39 is 17.8 Å². The Labute approximate surface area is 255 Å². The van der Waals surface area contributed by atoms with Crippen molar-refractivity contribution in [3.8, 4) is 5.88 Å². The minimum Gasteiger partial charge on any atom is -0.478 e. The summed E-state index contributed by atoms with van der Waals surface area (Å²) < 4.78 is 46.9. The maximum absolute atomic E-state index is 14.6. The highest BCUT2D eigenvalue weighted by Crippen LogP contribution is 2.34. The largest absolute Gasteiger partial charge is 0.478 e. The van der Waals surface area contributed by atoms with Crippen LogP contribution in [0.3, 0.4) is 0 Å². The third-order valence-electron chi connectivity index (χ3n) is 8.29. The number of hydrogen-bond acceptors (Lipinski definition) is 7. The molecule has 12 heteroatoms. The fourth-order valence-electron chi connectivity index (χ4n) is 5.82. The molecule has 1 aliphatic heterocycles. The van der Waals surface area contributed by atoms with Crippen molar-refractivity contribution in [3.05, 3.63) is 88.3 Å². The molecular weight excluding hydrogens is 594 g/mol. The smallest absolute Gasteiger partial charge is 0.335 e. The molecule has 0 saturated carbocycles.